The summed E-state index contributed by atoms with van der Waals surface area (Å²) in [7, 11) is 1.68. The van der Waals surface area contributed by atoms with Crippen LogP contribution in [-0.2, 0) is 11.3 Å². The molecule has 10 nitrogen and oxygen atoms in total. The van der Waals surface area contributed by atoms with Gasteiger partial charge in [0, 0.05) is 60.3 Å². The van der Waals surface area contributed by atoms with Crippen LogP contribution in [0.5, 0.6) is 5.75 Å². The number of unbranched alkanes of at least 4 members (excludes halogenated alkanes) is 1. The molecule has 1 saturated heterocycles. The lowest BCUT2D eigenvalue weighted by Crippen LogP contribution is -2.47. The zero-order chi connectivity index (χ0) is 31.2. The minimum atomic E-state index is 0.103. The predicted molar refractivity (Wildman–Crippen MR) is 180 cm³/mol. The van der Waals surface area contributed by atoms with Gasteiger partial charge in [0.1, 0.15) is 5.75 Å². The van der Waals surface area contributed by atoms with Gasteiger partial charge in [0.15, 0.2) is 9.96 Å². The molecule has 1 saturated carbocycles. The molecule has 6 rings (SSSR count). The van der Waals surface area contributed by atoms with Crippen LogP contribution in [0.25, 0.3) is 0 Å². The number of rotatable bonds is 12. The molecule has 2 aromatic carbocycles. The third kappa shape index (κ3) is 8.50. The number of nitrogens with zero attached hydrogens (tertiary/aromatic N) is 7. The second-order valence-corrected chi connectivity index (χ2v) is 13.8. The summed E-state index contributed by atoms with van der Waals surface area (Å²) in [4.78, 5) is 39.4. The van der Waals surface area contributed by atoms with E-state index in [2.05, 4.69) is 51.9 Å². The number of anilines is 2. The molecule has 236 valence electrons. The smallest absolute Gasteiger partial charge is 0.257 e. The monoisotopic (exact) mass is 644 g/mol. The molecule has 1 aliphatic heterocycles. The third-order valence-corrected chi connectivity index (χ3v) is 9.71. The van der Waals surface area contributed by atoms with Crippen molar-refractivity contribution in [1.82, 2.24) is 24.4 Å². The number of hydrogen-bond acceptors (Lipinski definition) is 10. The highest BCUT2D eigenvalue weighted by Crippen LogP contribution is 2.32. The van der Waals surface area contributed by atoms with Crippen molar-refractivity contribution >= 4 is 46.6 Å². The van der Waals surface area contributed by atoms with Crippen molar-refractivity contribution in [1.29, 1.82) is 0 Å². The van der Waals surface area contributed by atoms with E-state index < -0.39 is 0 Å². The first-order chi connectivity index (χ1) is 21.9. The molecular formula is C33H40N8O2S2. The van der Waals surface area contributed by atoms with Gasteiger partial charge in [0.25, 0.3) is 5.95 Å². The summed E-state index contributed by atoms with van der Waals surface area (Å²) in [6.07, 6.45) is 6.50. The van der Waals surface area contributed by atoms with E-state index in [0.717, 1.165) is 77.1 Å². The highest BCUT2D eigenvalue weighted by atomic mass is 32.2. The zero-order valence-corrected chi connectivity index (χ0v) is 27.7. The molecule has 2 fully saturated rings. The predicted octanol–water partition coefficient (Wildman–Crippen LogP) is 5.75. The lowest BCUT2D eigenvalue weighted by Gasteiger charge is -2.34. The average molecular weight is 645 g/mol. The zero-order valence-electron chi connectivity index (χ0n) is 26.1. The molecule has 3 heterocycles. The fourth-order valence-electron chi connectivity index (χ4n) is 5.14. The summed E-state index contributed by atoms with van der Waals surface area (Å²) >= 11 is 3.09. The number of aromatic nitrogens is 4. The second-order valence-electron chi connectivity index (χ2n) is 11.5. The Hall–Kier alpha value is -3.74. The van der Waals surface area contributed by atoms with E-state index in [4.69, 9.17) is 24.7 Å². The molecule has 0 spiro atoms. The van der Waals surface area contributed by atoms with E-state index >= 15 is 0 Å². The van der Waals surface area contributed by atoms with Gasteiger partial charge in [-0.2, -0.15) is 19.9 Å². The Bertz CT molecular complexity index is 1660. The Balaban J connectivity index is 1.27. The van der Waals surface area contributed by atoms with Crippen molar-refractivity contribution in [3.05, 3.63) is 70.0 Å². The first-order valence-electron chi connectivity index (χ1n) is 15.6. The Morgan fingerprint density at radius 1 is 1.04 bits per heavy atom. The highest BCUT2D eigenvalue weighted by Gasteiger charge is 2.29. The summed E-state index contributed by atoms with van der Waals surface area (Å²) in [5, 5.41) is 3.60. The maximum Gasteiger partial charge on any atom is 0.257 e. The standard InChI is InChI=1S/C33H40N8O2S2/c1-4-5-16-39-17-19-40(20-18-39)31-35-30(37-33-41(21-23(2)44-33)22-24-6-12-27(43-3)13-7-24)36-32(38-31)45-28-14-10-26(11-15-28)34-29(42)25-8-9-25/h6-7,10-15,21,25H,4-5,8-9,16-20,22H2,1-3H3,(H,34,42). The number of carbonyl (C=O) groups is 1. The average Bonchev–Trinajstić information content (AvgIpc) is 3.85. The van der Waals surface area contributed by atoms with Crippen LogP contribution in [-0.4, -0.2) is 70.2 Å². The molecular weight excluding hydrogens is 605 g/mol. The summed E-state index contributed by atoms with van der Waals surface area (Å²) in [5.41, 5.74) is 1.96. The molecule has 2 aromatic heterocycles. The van der Waals surface area contributed by atoms with Crippen LogP contribution in [0, 0.1) is 12.8 Å². The van der Waals surface area contributed by atoms with Crippen molar-refractivity contribution in [2.45, 2.75) is 56.1 Å². The van der Waals surface area contributed by atoms with E-state index in [1.165, 1.54) is 24.6 Å². The topological polar surface area (TPSA) is 101 Å². The van der Waals surface area contributed by atoms with Crippen LogP contribution in [0.2, 0.25) is 0 Å². The van der Waals surface area contributed by atoms with Crippen LogP contribution in [0.4, 0.5) is 17.6 Å². The normalized spacial score (nSPS) is 15.8. The molecule has 45 heavy (non-hydrogen) atoms. The minimum absolute atomic E-state index is 0.103. The lowest BCUT2D eigenvalue weighted by molar-refractivity contribution is -0.117. The van der Waals surface area contributed by atoms with Gasteiger partial charge >= 0.3 is 0 Å². The number of ether oxygens (including phenoxy) is 1. The van der Waals surface area contributed by atoms with Crippen molar-refractivity contribution in [2.24, 2.45) is 10.9 Å². The van der Waals surface area contributed by atoms with E-state index in [1.54, 1.807) is 18.4 Å². The van der Waals surface area contributed by atoms with Gasteiger partial charge in [0.2, 0.25) is 11.9 Å². The molecule has 1 amide bonds. The second kappa shape index (κ2) is 14.6. The Kier molecular flexibility index (Phi) is 10.1. The quantitative estimate of drug-likeness (QED) is 0.208. The van der Waals surface area contributed by atoms with E-state index in [0.29, 0.717) is 23.6 Å². The molecule has 12 heteroatoms. The van der Waals surface area contributed by atoms with Gasteiger partial charge in [-0.05, 0) is 86.5 Å². The highest BCUT2D eigenvalue weighted by molar-refractivity contribution is 7.99. The van der Waals surface area contributed by atoms with Gasteiger partial charge in [-0.15, -0.1) is 11.3 Å². The third-order valence-electron chi connectivity index (χ3n) is 7.90. The summed E-state index contributed by atoms with van der Waals surface area (Å²) in [6, 6.07) is 15.9. The molecule has 2 aliphatic rings. The molecule has 0 atom stereocenters. The van der Waals surface area contributed by atoms with E-state index in [-0.39, 0.29) is 11.8 Å². The van der Waals surface area contributed by atoms with Crippen molar-refractivity contribution in [3.8, 4) is 5.75 Å². The maximum absolute atomic E-state index is 12.2. The van der Waals surface area contributed by atoms with Gasteiger partial charge in [-0.1, -0.05) is 25.5 Å². The van der Waals surface area contributed by atoms with Gasteiger partial charge in [0.05, 0.1) is 7.11 Å². The number of nitrogens with one attached hydrogen (secondary N) is 1. The Morgan fingerprint density at radius 3 is 2.49 bits per heavy atom. The van der Waals surface area contributed by atoms with E-state index in [9.17, 15) is 4.79 Å². The van der Waals surface area contributed by atoms with Crippen molar-refractivity contribution in [3.63, 3.8) is 0 Å². The number of aryl methyl sites for hydroxylation is 1. The summed E-state index contributed by atoms with van der Waals surface area (Å²) in [5.74, 6) is 2.16. The molecule has 0 unspecified atom stereocenters. The summed E-state index contributed by atoms with van der Waals surface area (Å²) in [6.45, 7) is 9.83. The van der Waals surface area contributed by atoms with Gasteiger partial charge < -0.3 is 19.5 Å². The van der Waals surface area contributed by atoms with Crippen molar-refractivity contribution in [2.75, 3.05) is 50.1 Å². The van der Waals surface area contributed by atoms with Crippen LogP contribution in [0.15, 0.2) is 69.8 Å². The largest absolute Gasteiger partial charge is 0.497 e. The number of piperazine rings is 1. The van der Waals surface area contributed by atoms with Crippen LogP contribution < -0.4 is 19.8 Å². The van der Waals surface area contributed by atoms with Gasteiger partial charge in [-0.25, -0.2) is 0 Å². The molecule has 1 aliphatic carbocycles. The van der Waals surface area contributed by atoms with Crippen LogP contribution >= 0.6 is 23.1 Å². The molecule has 0 bridgehead atoms. The first kappa shape index (κ1) is 31.3. The number of thiazole rings is 1. The lowest BCUT2D eigenvalue weighted by atomic mass is 10.2. The number of carbonyl (C=O) groups excluding carboxylic acids is 1. The minimum Gasteiger partial charge on any atom is -0.497 e. The Labute approximate surface area is 272 Å². The van der Waals surface area contributed by atoms with Gasteiger partial charge in [-0.3, -0.25) is 9.69 Å². The van der Waals surface area contributed by atoms with Crippen LogP contribution in [0.3, 0.4) is 0 Å². The SMILES string of the molecule is CCCCN1CCN(c2nc(N=c3sc(C)cn3Cc3ccc(OC)cc3)nc(Sc3ccc(NC(=O)C4CC4)cc3)n2)CC1. The number of hydrogen-bond donors (Lipinski definition) is 1. The number of amides is 1. The van der Waals surface area contributed by atoms with Crippen LogP contribution in [0.1, 0.15) is 43.0 Å². The molecule has 0 radical (unpaired) electrons. The maximum atomic E-state index is 12.2. The molecule has 1 N–H and O–H groups in total. The van der Waals surface area contributed by atoms with E-state index in [1.807, 2.05) is 36.4 Å². The number of methoxy groups -OCH3 is 1. The molecule has 4 aromatic rings. The summed E-state index contributed by atoms with van der Waals surface area (Å²) < 4.78 is 7.46. The fraction of sp³-hybridized carbons (Fsp3) is 0.424. The first-order valence-corrected chi connectivity index (χ1v) is 17.3. The Morgan fingerprint density at radius 2 is 1.80 bits per heavy atom. The van der Waals surface area contributed by atoms with Crippen molar-refractivity contribution < 1.29 is 9.53 Å². The fourth-order valence-corrected chi connectivity index (χ4v) is 6.71. The number of benzene rings is 2.